The standard InChI is InChI=1S/C22H30N6O3/c1-15(2)20(22(31)25-11-9-17-7-3-4-10-24-17)28-21(30)19(14-29)27-18-8-5-6-16(12-18)13-26-23/h3-8,10,12-13,15,19-20,27,29H,9,11,14,23H2,1-2H3,(H,25,31)(H,28,30). The van der Waals surface area contributed by atoms with Crippen molar-refractivity contribution in [1.29, 1.82) is 0 Å². The molecule has 0 aliphatic carbocycles. The van der Waals surface area contributed by atoms with Crippen molar-refractivity contribution in [3.8, 4) is 0 Å². The molecule has 2 atom stereocenters. The van der Waals surface area contributed by atoms with Gasteiger partial charge in [-0.25, -0.2) is 0 Å². The van der Waals surface area contributed by atoms with Crippen LogP contribution in [-0.2, 0) is 16.0 Å². The Morgan fingerprint density at radius 1 is 1.19 bits per heavy atom. The summed E-state index contributed by atoms with van der Waals surface area (Å²) < 4.78 is 0. The topological polar surface area (TPSA) is 142 Å². The molecule has 2 unspecified atom stereocenters. The average molecular weight is 427 g/mol. The van der Waals surface area contributed by atoms with E-state index in [4.69, 9.17) is 5.84 Å². The van der Waals surface area contributed by atoms with Crippen molar-refractivity contribution in [2.75, 3.05) is 18.5 Å². The van der Waals surface area contributed by atoms with Gasteiger partial charge in [-0.2, -0.15) is 5.10 Å². The number of nitrogens with zero attached hydrogens (tertiary/aromatic N) is 2. The van der Waals surface area contributed by atoms with Crippen LogP contribution >= 0.6 is 0 Å². The molecule has 9 nitrogen and oxygen atoms in total. The SMILES string of the molecule is CC(C)C(NC(=O)C(CO)Nc1cccc(C=NN)c1)C(=O)NCCc1ccccn1. The summed E-state index contributed by atoms with van der Waals surface area (Å²) in [5.41, 5.74) is 2.24. The number of aliphatic hydroxyl groups is 1. The summed E-state index contributed by atoms with van der Waals surface area (Å²) in [7, 11) is 0. The Kier molecular flexibility index (Phi) is 9.44. The largest absolute Gasteiger partial charge is 0.394 e. The van der Waals surface area contributed by atoms with E-state index in [2.05, 4.69) is 26.0 Å². The van der Waals surface area contributed by atoms with Gasteiger partial charge in [0.2, 0.25) is 11.8 Å². The van der Waals surface area contributed by atoms with Gasteiger partial charge in [0.1, 0.15) is 12.1 Å². The van der Waals surface area contributed by atoms with Crippen LogP contribution in [0.2, 0.25) is 0 Å². The fourth-order valence-corrected chi connectivity index (χ4v) is 2.95. The zero-order chi connectivity index (χ0) is 22.6. The van der Waals surface area contributed by atoms with Gasteiger partial charge in [0.25, 0.3) is 0 Å². The normalized spacial score (nSPS) is 13.0. The number of benzene rings is 1. The summed E-state index contributed by atoms with van der Waals surface area (Å²) in [5.74, 6) is 4.28. The third-order valence-electron chi connectivity index (χ3n) is 4.60. The molecule has 1 heterocycles. The van der Waals surface area contributed by atoms with Gasteiger partial charge in [-0.3, -0.25) is 14.6 Å². The van der Waals surface area contributed by atoms with Crippen LogP contribution < -0.4 is 21.8 Å². The zero-order valence-electron chi connectivity index (χ0n) is 17.8. The number of nitrogens with one attached hydrogen (secondary N) is 3. The number of hydrazone groups is 1. The van der Waals surface area contributed by atoms with Crippen LogP contribution in [0.5, 0.6) is 0 Å². The lowest BCUT2D eigenvalue weighted by atomic mass is 10.0. The number of nitrogens with two attached hydrogens (primary N) is 1. The van der Waals surface area contributed by atoms with Crippen LogP contribution in [0, 0.1) is 5.92 Å². The van der Waals surface area contributed by atoms with Gasteiger partial charge < -0.3 is 26.9 Å². The molecule has 0 aliphatic heterocycles. The van der Waals surface area contributed by atoms with Crippen molar-refractivity contribution >= 4 is 23.7 Å². The van der Waals surface area contributed by atoms with E-state index in [0.29, 0.717) is 18.7 Å². The van der Waals surface area contributed by atoms with Crippen LogP contribution in [0.4, 0.5) is 5.69 Å². The third kappa shape index (κ3) is 7.71. The van der Waals surface area contributed by atoms with Crippen molar-refractivity contribution < 1.29 is 14.7 Å². The monoisotopic (exact) mass is 426 g/mol. The number of rotatable bonds is 11. The highest BCUT2D eigenvalue weighted by Gasteiger charge is 2.27. The lowest BCUT2D eigenvalue weighted by Gasteiger charge is -2.25. The Labute approximate surface area is 182 Å². The van der Waals surface area contributed by atoms with Crippen molar-refractivity contribution in [3.05, 3.63) is 59.9 Å². The predicted molar refractivity (Wildman–Crippen MR) is 120 cm³/mol. The molecule has 2 amide bonds. The first kappa shape index (κ1) is 23.8. The summed E-state index contributed by atoms with van der Waals surface area (Å²) in [5, 5.41) is 21.7. The minimum atomic E-state index is -0.923. The van der Waals surface area contributed by atoms with Crippen LogP contribution in [0.3, 0.4) is 0 Å². The molecule has 0 spiro atoms. The molecule has 0 bridgehead atoms. The van der Waals surface area contributed by atoms with Gasteiger partial charge in [-0.05, 0) is 35.7 Å². The van der Waals surface area contributed by atoms with Gasteiger partial charge in [0, 0.05) is 30.5 Å². The fourth-order valence-electron chi connectivity index (χ4n) is 2.95. The molecule has 0 saturated carbocycles. The van der Waals surface area contributed by atoms with Gasteiger partial charge in [-0.1, -0.05) is 32.0 Å². The van der Waals surface area contributed by atoms with E-state index in [0.717, 1.165) is 11.3 Å². The lowest BCUT2D eigenvalue weighted by molar-refractivity contribution is -0.130. The third-order valence-corrected chi connectivity index (χ3v) is 4.60. The molecule has 0 radical (unpaired) electrons. The lowest BCUT2D eigenvalue weighted by Crippen LogP contribution is -2.54. The number of hydrogen-bond donors (Lipinski definition) is 5. The Hall–Kier alpha value is -3.46. The summed E-state index contributed by atoms with van der Waals surface area (Å²) in [6, 6.07) is 11.0. The Morgan fingerprint density at radius 3 is 2.65 bits per heavy atom. The maximum Gasteiger partial charge on any atom is 0.245 e. The molecular weight excluding hydrogens is 396 g/mol. The molecule has 0 aliphatic rings. The maximum atomic E-state index is 12.7. The zero-order valence-corrected chi connectivity index (χ0v) is 17.8. The number of hydrogen-bond acceptors (Lipinski definition) is 7. The van der Waals surface area contributed by atoms with Gasteiger partial charge in [0.05, 0.1) is 12.8 Å². The summed E-state index contributed by atoms with van der Waals surface area (Å²) >= 11 is 0. The average Bonchev–Trinajstić information content (AvgIpc) is 2.76. The fraction of sp³-hybridized carbons (Fsp3) is 0.364. The number of pyridine rings is 1. The van der Waals surface area contributed by atoms with Crippen molar-refractivity contribution in [1.82, 2.24) is 15.6 Å². The molecule has 0 saturated heterocycles. The van der Waals surface area contributed by atoms with E-state index in [9.17, 15) is 14.7 Å². The smallest absolute Gasteiger partial charge is 0.245 e. The number of aromatic nitrogens is 1. The minimum absolute atomic E-state index is 0.137. The number of amides is 2. The molecule has 1 aromatic heterocycles. The Balaban J connectivity index is 1.95. The quantitative estimate of drug-likeness (QED) is 0.203. The molecule has 2 aromatic rings. The molecular formula is C22H30N6O3. The molecule has 166 valence electrons. The molecule has 6 N–H and O–H groups in total. The second kappa shape index (κ2) is 12.3. The van der Waals surface area contributed by atoms with E-state index >= 15 is 0 Å². The van der Waals surface area contributed by atoms with E-state index in [-0.39, 0.29) is 11.8 Å². The first-order valence-corrected chi connectivity index (χ1v) is 10.1. The van der Waals surface area contributed by atoms with Gasteiger partial charge in [-0.15, -0.1) is 0 Å². The second-order valence-electron chi connectivity index (χ2n) is 7.38. The molecule has 1 aromatic carbocycles. The van der Waals surface area contributed by atoms with Crippen LogP contribution in [-0.4, -0.2) is 53.4 Å². The summed E-state index contributed by atoms with van der Waals surface area (Å²) in [6.07, 6.45) is 3.77. The summed E-state index contributed by atoms with van der Waals surface area (Å²) in [4.78, 5) is 29.6. The molecule has 2 rings (SSSR count). The summed E-state index contributed by atoms with van der Waals surface area (Å²) in [6.45, 7) is 3.67. The maximum absolute atomic E-state index is 12.7. The van der Waals surface area contributed by atoms with Crippen LogP contribution in [0.25, 0.3) is 0 Å². The van der Waals surface area contributed by atoms with Crippen LogP contribution in [0.15, 0.2) is 53.8 Å². The first-order valence-electron chi connectivity index (χ1n) is 10.1. The van der Waals surface area contributed by atoms with Crippen molar-refractivity contribution in [3.63, 3.8) is 0 Å². The highest BCUT2D eigenvalue weighted by atomic mass is 16.3. The number of carbonyl (C=O) groups excluding carboxylic acids is 2. The van der Waals surface area contributed by atoms with Crippen molar-refractivity contribution in [2.45, 2.75) is 32.4 Å². The first-order chi connectivity index (χ1) is 14.9. The van der Waals surface area contributed by atoms with E-state index in [1.807, 2.05) is 32.0 Å². The van der Waals surface area contributed by atoms with Crippen LogP contribution in [0.1, 0.15) is 25.1 Å². The minimum Gasteiger partial charge on any atom is -0.394 e. The van der Waals surface area contributed by atoms with Gasteiger partial charge >= 0.3 is 0 Å². The Bertz CT molecular complexity index is 873. The number of aliphatic hydroxyl groups excluding tert-OH is 1. The van der Waals surface area contributed by atoms with E-state index in [1.54, 1.807) is 30.5 Å². The molecule has 31 heavy (non-hydrogen) atoms. The number of anilines is 1. The highest BCUT2D eigenvalue weighted by Crippen LogP contribution is 2.11. The molecule has 0 fully saturated rings. The highest BCUT2D eigenvalue weighted by molar-refractivity contribution is 5.91. The number of carbonyl (C=O) groups is 2. The van der Waals surface area contributed by atoms with Crippen molar-refractivity contribution in [2.24, 2.45) is 16.9 Å². The molecule has 9 heteroatoms. The van der Waals surface area contributed by atoms with E-state index < -0.39 is 24.6 Å². The van der Waals surface area contributed by atoms with E-state index in [1.165, 1.54) is 6.21 Å². The second-order valence-corrected chi connectivity index (χ2v) is 7.38. The Morgan fingerprint density at radius 2 is 2.00 bits per heavy atom. The predicted octanol–water partition coefficient (Wildman–Crippen LogP) is 0.647. The van der Waals surface area contributed by atoms with Gasteiger partial charge in [0.15, 0.2) is 0 Å².